The number of rotatable bonds is 6. The summed E-state index contributed by atoms with van der Waals surface area (Å²) >= 11 is 3.28. The van der Waals surface area contributed by atoms with Gasteiger partial charge >= 0.3 is 0 Å². The molecule has 2 rings (SSSR count). The fraction of sp³-hybridized carbons (Fsp3) is 0.200. The highest BCUT2D eigenvalue weighted by atomic mass is 79.9. The highest BCUT2D eigenvalue weighted by Crippen LogP contribution is 2.21. The van der Waals surface area contributed by atoms with Gasteiger partial charge in [0.1, 0.15) is 16.8 Å². The van der Waals surface area contributed by atoms with E-state index in [1.807, 2.05) is 24.3 Å². The van der Waals surface area contributed by atoms with E-state index in [9.17, 15) is 4.79 Å². The Morgan fingerprint density at radius 2 is 2.24 bits per heavy atom. The number of hydrogen-bond acceptors (Lipinski definition) is 4. The minimum Gasteiger partial charge on any atom is -0.489 e. The predicted octanol–water partition coefficient (Wildman–Crippen LogP) is 2.72. The number of anilines is 1. The molecule has 0 aliphatic carbocycles. The van der Waals surface area contributed by atoms with Gasteiger partial charge in [0.05, 0.1) is 11.9 Å². The third-order valence-electron chi connectivity index (χ3n) is 2.88. The van der Waals surface area contributed by atoms with Crippen molar-refractivity contribution in [2.45, 2.75) is 6.54 Å². The van der Waals surface area contributed by atoms with Gasteiger partial charge in [-0.2, -0.15) is 5.10 Å². The molecule has 21 heavy (non-hydrogen) atoms. The van der Waals surface area contributed by atoms with E-state index in [1.165, 1.54) is 4.68 Å². The van der Waals surface area contributed by atoms with Gasteiger partial charge in [-0.3, -0.25) is 4.79 Å². The van der Waals surface area contributed by atoms with Crippen LogP contribution in [0.1, 0.15) is 5.56 Å². The van der Waals surface area contributed by atoms with Crippen molar-refractivity contribution >= 4 is 21.6 Å². The minimum absolute atomic E-state index is 0.184. The first-order chi connectivity index (χ1) is 10.1. The molecule has 6 heteroatoms. The van der Waals surface area contributed by atoms with Crippen LogP contribution in [0, 0.1) is 0 Å². The van der Waals surface area contributed by atoms with Crippen molar-refractivity contribution in [3.05, 3.63) is 63.5 Å². The van der Waals surface area contributed by atoms with Crippen molar-refractivity contribution < 1.29 is 4.74 Å². The first-order valence-corrected chi connectivity index (χ1v) is 7.20. The summed E-state index contributed by atoms with van der Waals surface area (Å²) in [4.78, 5) is 11.8. The minimum atomic E-state index is -0.184. The summed E-state index contributed by atoms with van der Waals surface area (Å²) in [7, 11) is 1.61. The second-order valence-electron chi connectivity index (χ2n) is 4.36. The molecule has 1 N–H and O–H groups in total. The number of hydrogen-bond donors (Lipinski definition) is 1. The van der Waals surface area contributed by atoms with Crippen molar-refractivity contribution in [3.63, 3.8) is 0 Å². The van der Waals surface area contributed by atoms with E-state index in [4.69, 9.17) is 4.74 Å². The van der Waals surface area contributed by atoms with E-state index in [-0.39, 0.29) is 5.56 Å². The fourth-order valence-corrected chi connectivity index (χ4v) is 2.26. The topological polar surface area (TPSA) is 56.1 Å². The summed E-state index contributed by atoms with van der Waals surface area (Å²) in [5.41, 5.74) is 1.46. The van der Waals surface area contributed by atoms with Crippen molar-refractivity contribution in [1.29, 1.82) is 0 Å². The predicted molar refractivity (Wildman–Crippen MR) is 86.6 cm³/mol. The molecular weight excluding hydrogens is 334 g/mol. The monoisotopic (exact) mass is 349 g/mol. The van der Waals surface area contributed by atoms with Crippen LogP contribution in [0.2, 0.25) is 0 Å². The van der Waals surface area contributed by atoms with E-state index in [1.54, 1.807) is 19.3 Å². The van der Waals surface area contributed by atoms with Crippen LogP contribution in [0.25, 0.3) is 0 Å². The lowest BCUT2D eigenvalue weighted by Gasteiger charge is -2.12. The van der Waals surface area contributed by atoms with Gasteiger partial charge in [0.25, 0.3) is 5.56 Å². The molecular formula is C15H16BrN3O2. The third kappa shape index (κ3) is 3.72. The average molecular weight is 350 g/mol. The van der Waals surface area contributed by atoms with Gasteiger partial charge in [-0.1, -0.05) is 30.9 Å². The standard InChI is InChI=1S/C15H16BrN3O2/c1-3-8-21-13-7-5-4-6-11(13)9-17-12-10-18-19(2)15(20)14(12)16/h3-7,10,17H,1,8-9H2,2H3. The Balaban J connectivity index is 2.15. The zero-order valence-electron chi connectivity index (χ0n) is 11.7. The zero-order chi connectivity index (χ0) is 15.2. The fourth-order valence-electron chi connectivity index (χ4n) is 1.76. The number of benzene rings is 1. The lowest BCUT2D eigenvalue weighted by atomic mass is 10.2. The largest absolute Gasteiger partial charge is 0.489 e. The number of para-hydroxylation sites is 1. The first-order valence-electron chi connectivity index (χ1n) is 6.40. The number of nitrogens with zero attached hydrogens (tertiary/aromatic N) is 2. The van der Waals surface area contributed by atoms with E-state index >= 15 is 0 Å². The number of aromatic nitrogens is 2. The van der Waals surface area contributed by atoms with Gasteiger partial charge in [-0.15, -0.1) is 0 Å². The molecule has 0 aliphatic heterocycles. The molecule has 0 saturated carbocycles. The van der Waals surface area contributed by atoms with Gasteiger partial charge in [0.2, 0.25) is 0 Å². The van der Waals surface area contributed by atoms with Crippen molar-refractivity contribution in [1.82, 2.24) is 9.78 Å². The highest BCUT2D eigenvalue weighted by Gasteiger charge is 2.08. The van der Waals surface area contributed by atoms with Crippen LogP contribution in [0.5, 0.6) is 5.75 Å². The van der Waals surface area contributed by atoms with Crippen LogP contribution in [-0.4, -0.2) is 16.4 Å². The third-order valence-corrected chi connectivity index (χ3v) is 3.64. The molecule has 0 amide bonds. The van der Waals surface area contributed by atoms with Crippen LogP contribution >= 0.6 is 15.9 Å². The summed E-state index contributed by atoms with van der Waals surface area (Å²) in [5.74, 6) is 0.790. The maximum atomic E-state index is 11.8. The second-order valence-corrected chi connectivity index (χ2v) is 5.15. The molecule has 5 nitrogen and oxygen atoms in total. The highest BCUT2D eigenvalue weighted by molar-refractivity contribution is 9.10. The lowest BCUT2D eigenvalue weighted by Crippen LogP contribution is -2.21. The van der Waals surface area contributed by atoms with Crippen LogP contribution < -0.4 is 15.6 Å². The van der Waals surface area contributed by atoms with Crippen LogP contribution in [-0.2, 0) is 13.6 Å². The normalized spacial score (nSPS) is 10.2. The molecule has 2 aromatic rings. The number of halogens is 1. The Bertz CT molecular complexity index is 698. The summed E-state index contributed by atoms with van der Waals surface area (Å²) in [6.07, 6.45) is 3.31. The number of aryl methyl sites for hydroxylation is 1. The Hall–Kier alpha value is -2.08. The van der Waals surface area contributed by atoms with Crippen LogP contribution in [0.3, 0.4) is 0 Å². The van der Waals surface area contributed by atoms with E-state index < -0.39 is 0 Å². The Labute approximate surface area is 131 Å². The summed E-state index contributed by atoms with van der Waals surface area (Å²) < 4.78 is 7.33. The Morgan fingerprint density at radius 1 is 1.48 bits per heavy atom. The molecule has 1 heterocycles. The smallest absolute Gasteiger partial charge is 0.282 e. The molecule has 0 atom stereocenters. The van der Waals surface area contributed by atoms with Crippen molar-refractivity contribution in [2.24, 2.45) is 7.05 Å². The van der Waals surface area contributed by atoms with Gasteiger partial charge in [0, 0.05) is 19.2 Å². The summed E-state index contributed by atoms with van der Waals surface area (Å²) in [6.45, 7) is 4.62. The molecule has 0 radical (unpaired) electrons. The Kier molecular flexibility index (Phi) is 5.16. The molecule has 1 aromatic heterocycles. The van der Waals surface area contributed by atoms with Gasteiger partial charge in [-0.25, -0.2) is 4.68 Å². The molecule has 0 saturated heterocycles. The molecule has 110 valence electrons. The van der Waals surface area contributed by atoms with Crippen molar-refractivity contribution in [2.75, 3.05) is 11.9 Å². The van der Waals surface area contributed by atoms with Crippen LogP contribution in [0.15, 0.2) is 52.4 Å². The van der Waals surface area contributed by atoms with E-state index in [2.05, 4.69) is 32.9 Å². The average Bonchev–Trinajstić information content (AvgIpc) is 2.51. The summed E-state index contributed by atoms with van der Waals surface area (Å²) in [5, 5.41) is 7.18. The molecule has 0 bridgehead atoms. The van der Waals surface area contributed by atoms with Crippen LogP contribution in [0.4, 0.5) is 5.69 Å². The number of ether oxygens (including phenoxy) is 1. The molecule has 0 aliphatic rings. The maximum Gasteiger partial charge on any atom is 0.282 e. The first kappa shape index (κ1) is 15.3. The van der Waals surface area contributed by atoms with E-state index in [0.717, 1.165) is 11.3 Å². The lowest BCUT2D eigenvalue weighted by molar-refractivity contribution is 0.359. The molecule has 0 unspecified atom stereocenters. The number of nitrogens with one attached hydrogen (secondary N) is 1. The van der Waals surface area contributed by atoms with Gasteiger partial charge in [0.15, 0.2) is 0 Å². The maximum absolute atomic E-state index is 11.8. The Morgan fingerprint density at radius 3 is 3.00 bits per heavy atom. The van der Waals surface area contributed by atoms with Crippen molar-refractivity contribution in [3.8, 4) is 5.75 Å². The second kappa shape index (κ2) is 7.08. The SMILES string of the molecule is C=CCOc1ccccc1CNc1cnn(C)c(=O)c1Br. The molecule has 1 aromatic carbocycles. The quantitative estimate of drug-likeness (QED) is 0.814. The van der Waals surface area contributed by atoms with Gasteiger partial charge < -0.3 is 10.1 Å². The molecule has 0 spiro atoms. The van der Waals surface area contributed by atoms with Gasteiger partial charge in [-0.05, 0) is 22.0 Å². The summed E-state index contributed by atoms with van der Waals surface area (Å²) in [6, 6.07) is 7.72. The molecule has 0 fully saturated rings. The zero-order valence-corrected chi connectivity index (χ0v) is 13.3. The van der Waals surface area contributed by atoms with E-state index in [0.29, 0.717) is 23.3 Å².